The standard InChI is InChI=1S/C12H11ClFN3O/c1-17-12(15)9(6-16-17)11(18)5-7-4-8(13)2-3-10(7)14/h2-4,6H,5,15H2,1H3. The second-order valence-electron chi connectivity index (χ2n) is 3.90. The lowest BCUT2D eigenvalue weighted by atomic mass is 10.0. The fraction of sp³-hybridized carbons (Fsp3) is 0.167. The van der Waals surface area contributed by atoms with Gasteiger partial charge in [-0.15, -0.1) is 0 Å². The van der Waals surface area contributed by atoms with Crippen molar-refractivity contribution in [2.75, 3.05) is 5.73 Å². The van der Waals surface area contributed by atoms with Gasteiger partial charge < -0.3 is 5.73 Å². The molecule has 0 amide bonds. The minimum Gasteiger partial charge on any atom is -0.383 e. The average molecular weight is 268 g/mol. The molecular formula is C12H11ClFN3O. The van der Waals surface area contributed by atoms with Crippen LogP contribution >= 0.6 is 11.6 Å². The normalized spacial score (nSPS) is 10.6. The first-order chi connectivity index (χ1) is 8.49. The number of rotatable bonds is 3. The van der Waals surface area contributed by atoms with Crippen molar-refractivity contribution in [2.24, 2.45) is 7.05 Å². The number of hydrogen-bond donors (Lipinski definition) is 1. The van der Waals surface area contributed by atoms with E-state index in [0.717, 1.165) is 0 Å². The van der Waals surface area contributed by atoms with Crippen LogP contribution in [0.1, 0.15) is 15.9 Å². The van der Waals surface area contributed by atoms with Crippen LogP contribution in [0.5, 0.6) is 0 Å². The van der Waals surface area contributed by atoms with Crippen LogP contribution in [-0.2, 0) is 13.5 Å². The Bertz CT molecular complexity index is 609. The first-order valence-electron chi connectivity index (χ1n) is 5.23. The Balaban J connectivity index is 2.27. The zero-order valence-electron chi connectivity index (χ0n) is 9.65. The van der Waals surface area contributed by atoms with Crippen LogP contribution in [0.25, 0.3) is 0 Å². The molecule has 1 aromatic carbocycles. The van der Waals surface area contributed by atoms with E-state index in [1.54, 1.807) is 7.05 Å². The summed E-state index contributed by atoms with van der Waals surface area (Å²) >= 11 is 5.76. The molecule has 2 rings (SSSR count). The molecule has 0 unspecified atom stereocenters. The van der Waals surface area contributed by atoms with Gasteiger partial charge in [0.15, 0.2) is 5.78 Å². The topological polar surface area (TPSA) is 60.9 Å². The Morgan fingerprint density at radius 1 is 1.56 bits per heavy atom. The summed E-state index contributed by atoms with van der Waals surface area (Å²) in [7, 11) is 1.63. The number of anilines is 1. The summed E-state index contributed by atoms with van der Waals surface area (Å²) in [6, 6.07) is 4.10. The van der Waals surface area contributed by atoms with Crippen LogP contribution in [0.2, 0.25) is 5.02 Å². The molecule has 6 heteroatoms. The Morgan fingerprint density at radius 3 is 2.89 bits per heavy atom. The minimum atomic E-state index is -0.463. The van der Waals surface area contributed by atoms with Crippen LogP contribution in [0.4, 0.5) is 10.2 Å². The van der Waals surface area contributed by atoms with Crippen molar-refractivity contribution in [2.45, 2.75) is 6.42 Å². The molecule has 0 aliphatic rings. The number of nitrogens with zero attached hydrogens (tertiary/aromatic N) is 2. The van der Waals surface area contributed by atoms with Crippen LogP contribution < -0.4 is 5.73 Å². The van der Waals surface area contributed by atoms with E-state index in [0.29, 0.717) is 5.02 Å². The summed E-state index contributed by atoms with van der Waals surface area (Å²) in [5, 5.41) is 4.26. The monoisotopic (exact) mass is 267 g/mol. The summed E-state index contributed by atoms with van der Waals surface area (Å²) in [5.74, 6) is -0.487. The zero-order valence-corrected chi connectivity index (χ0v) is 10.4. The van der Waals surface area contributed by atoms with Crippen molar-refractivity contribution in [1.82, 2.24) is 9.78 Å². The number of carbonyl (C=O) groups is 1. The average Bonchev–Trinajstić information content (AvgIpc) is 2.65. The number of aromatic nitrogens is 2. The van der Waals surface area contributed by atoms with Gasteiger partial charge in [-0.25, -0.2) is 4.39 Å². The number of benzene rings is 1. The number of nitrogen functional groups attached to an aromatic ring is 1. The molecule has 0 radical (unpaired) electrons. The molecule has 0 spiro atoms. The second-order valence-corrected chi connectivity index (χ2v) is 4.34. The maximum Gasteiger partial charge on any atom is 0.172 e. The Hall–Kier alpha value is -1.88. The highest BCUT2D eigenvalue weighted by atomic mass is 35.5. The first-order valence-corrected chi connectivity index (χ1v) is 5.61. The van der Waals surface area contributed by atoms with Crippen molar-refractivity contribution in [3.63, 3.8) is 0 Å². The maximum absolute atomic E-state index is 13.5. The van der Waals surface area contributed by atoms with Crippen molar-refractivity contribution in [1.29, 1.82) is 0 Å². The highest BCUT2D eigenvalue weighted by Crippen LogP contribution is 2.18. The van der Waals surface area contributed by atoms with Gasteiger partial charge in [-0.1, -0.05) is 11.6 Å². The largest absolute Gasteiger partial charge is 0.383 e. The number of hydrogen-bond acceptors (Lipinski definition) is 3. The minimum absolute atomic E-state index is 0.0950. The molecular weight excluding hydrogens is 257 g/mol. The summed E-state index contributed by atoms with van der Waals surface area (Å²) in [4.78, 5) is 12.0. The molecule has 18 heavy (non-hydrogen) atoms. The molecule has 1 aromatic heterocycles. The maximum atomic E-state index is 13.5. The van der Waals surface area contributed by atoms with Gasteiger partial charge in [0.25, 0.3) is 0 Å². The molecule has 0 saturated carbocycles. The number of halogens is 2. The molecule has 0 atom stereocenters. The van der Waals surface area contributed by atoms with Gasteiger partial charge in [-0.2, -0.15) is 5.10 Å². The predicted octanol–water partition coefficient (Wildman–Crippen LogP) is 2.22. The molecule has 0 bridgehead atoms. The molecule has 94 valence electrons. The van der Waals surface area contributed by atoms with Crippen molar-refractivity contribution in [3.8, 4) is 0 Å². The van der Waals surface area contributed by atoms with Gasteiger partial charge in [0.05, 0.1) is 11.8 Å². The second kappa shape index (κ2) is 4.78. The third-order valence-corrected chi connectivity index (χ3v) is 2.88. The SMILES string of the molecule is Cn1ncc(C(=O)Cc2cc(Cl)ccc2F)c1N. The van der Waals surface area contributed by atoms with Crippen molar-refractivity contribution in [3.05, 3.63) is 46.4 Å². The Morgan fingerprint density at radius 2 is 2.28 bits per heavy atom. The van der Waals surface area contributed by atoms with Gasteiger partial charge >= 0.3 is 0 Å². The zero-order chi connectivity index (χ0) is 13.3. The van der Waals surface area contributed by atoms with Crippen LogP contribution in [-0.4, -0.2) is 15.6 Å². The molecule has 1 heterocycles. The predicted molar refractivity (Wildman–Crippen MR) is 67.1 cm³/mol. The van der Waals surface area contributed by atoms with Gasteiger partial charge in [0.2, 0.25) is 0 Å². The Labute approximate surface area is 108 Å². The third kappa shape index (κ3) is 2.36. The van der Waals surface area contributed by atoms with E-state index in [2.05, 4.69) is 5.10 Å². The van der Waals surface area contributed by atoms with E-state index in [1.165, 1.54) is 29.1 Å². The molecule has 0 aliphatic carbocycles. The smallest absolute Gasteiger partial charge is 0.172 e. The number of aryl methyl sites for hydroxylation is 1. The highest BCUT2D eigenvalue weighted by molar-refractivity contribution is 6.30. The van der Waals surface area contributed by atoms with Crippen molar-refractivity contribution < 1.29 is 9.18 Å². The number of Topliss-reactive ketones (excluding diaryl/α,β-unsaturated/α-hetero) is 1. The first kappa shape index (κ1) is 12.6. The molecule has 0 fully saturated rings. The van der Waals surface area contributed by atoms with Crippen LogP contribution in [0.15, 0.2) is 24.4 Å². The number of ketones is 1. The lowest BCUT2D eigenvalue weighted by molar-refractivity contribution is 0.0992. The van der Waals surface area contributed by atoms with E-state index in [4.69, 9.17) is 17.3 Å². The van der Waals surface area contributed by atoms with Gasteiger partial charge in [-0.05, 0) is 23.8 Å². The van der Waals surface area contributed by atoms with E-state index in [9.17, 15) is 9.18 Å². The summed E-state index contributed by atoms with van der Waals surface area (Å²) in [5.41, 5.74) is 6.22. The van der Waals surface area contributed by atoms with Crippen LogP contribution in [0.3, 0.4) is 0 Å². The van der Waals surface area contributed by atoms with Gasteiger partial charge in [0, 0.05) is 18.5 Å². The summed E-state index contributed by atoms with van der Waals surface area (Å²) in [6.07, 6.45) is 1.28. The summed E-state index contributed by atoms with van der Waals surface area (Å²) in [6.45, 7) is 0. The molecule has 2 N–H and O–H groups in total. The fourth-order valence-corrected chi connectivity index (χ4v) is 1.80. The lowest BCUT2D eigenvalue weighted by Gasteiger charge is -2.03. The van der Waals surface area contributed by atoms with Crippen molar-refractivity contribution >= 4 is 23.2 Å². The molecule has 4 nitrogen and oxygen atoms in total. The van der Waals surface area contributed by atoms with E-state index in [-0.39, 0.29) is 29.1 Å². The lowest BCUT2D eigenvalue weighted by Crippen LogP contribution is -2.08. The molecule has 0 aliphatic heterocycles. The van der Waals surface area contributed by atoms with Crippen LogP contribution in [0, 0.1) is 5.82 Å². The molecule has 2 aromatic rings. The van der Waals surface area contributed by atoms with Gasteiger partial charge in [0.1, 0.15) is 11.6 Å². The van der Waals surface area contributed by atoms with E-state index in [1.807, 2.05) is 0 Å². The van der Waals surface area contributed by atoms with E-state index >= 15 is 0 Å². The quantitative estimate of drug-likeness (QED) is 0.868. The fourth-order valence-electron chi connectivity index (χ4n) is 1.61. The summed E-state index contributed by atoms with van der Waals surface area (Å²) < 4.78 is 14.9. The number of nitrogens with two attached hydrogens (primary N) is 1. The third-order valence-electron chi connectivity index (χ3n) is 2.64. The molecule has 0 saturated heterocycles. The Kier molecular flexibility index (Phi) is 3.34. The number of carbonyl (C=O) groups excluding carboxylic acids is 1. The van der Waals surface area contributed by atoms with E-state index < -0.39 is 5.82 Å². The van der Waals surface area contributed by atoms with Gasteiger partial charge in [-0.3, -0.25) is 9.48 Å². The highest BCUT2D eigenvalue weighted by Gasteiger charge is 2.16.